The van der Waals surface area contributed by atoms with Gasteiger partial charge in [-0.15, -0.1) is 0 Å². The lowest BCUT2D eigenvalue weighted by molar-refractivity contribution is -0.139. The van der Waals surface area contributed by atoms with Crippen molar-refractivity contribution < 1.29 is 19.1 Å². The van der Waals surface area contributed by atoms with E-state index in [9.17, 15) is 14.4 Å². The van der Waals surface area contributed by atoms with Gasteiger partial charge in [-0.1, -0.05) is 37.1 Å². The number of carbonyl (C=O) groups excluding carboxylic acids is 1. The maximum Gasteiger partial charge on any atom is 0.326 e. The second kappa shape index (κ2) is 8.08. The van der Waals surface area contributed by atoms with Gasteiger partial charge in [0.1, 0.15) is 17.4 Å². The molecule has 144 valence electrons. The number of carboxylic acid groups (broad SMARTS) is 1. The summed E-state index contributed by atoms with van der Waals surface area (Å²) in [6.07, 6.45) is 1.01. The van der Waals surface area contributed by atoms with Gasteiger partial charge in [-0.25, -0.2) is 4.79 Å². The zero-order valence-electron chi connectivity index (χ0n) is 15.7. The van der Waals surface area contributed by atoms with Gasteiger partial charge in [-0.3, -0.25) is 9.59 Å². The molecule has 0 saturated heterocycles. The summed E-state index contributed by atoms with van der Waals surface area (Å²) >= 11 is 0. The standard InChI is InChI=1S/C22H21NO5/c1-3-4-17(22(26)27)23-21(25)15-8-6-14(7-9-15)20-12-18(24)16-11-13(2)5-10-19(16)28-20/h5-12,17H,3-4H2,1-2H3,(H,23,25)(H,26,27). The molecule has 0 aliphatic carbocycles. The number of hydrogen-bond donors (Lipinski definition) is 2. The quantitative estimate of drug-likeness (QED) is 0.680. The van der Waals surface area contributed by atoms with Crippen LogP contribution in [0.4, 0.5) is 0 Å². The van der Waals surface area contributed by atoms with Crippen LogP contribution >= 0.6 is 0 Å². The van der Waals surface area contributed by atoms with Gasteiger partial charge >= 0.3 is 5.97 Å². The molecule has 28 heavy (non-hydrogen) atoms. The van der Waals surface area contributed by atoms with E-state index < -0.39 is 17.9 Å². The summed E-state index contributed by atoms with van der Waals surface area (Å²) in [5.41, 5.74) is 2.33. The van der Waals surface area contributed by atoms with Gasteiger partial charge in [0.05, 0.1) is 5.39 Å². The number of benzene rings is 2. The Bertz CT molecular complexity index is 1080. The van der Waals surface area contributed by atoms with Crippen molar-refractivity contribution >= 4 is 22.8 Å². The van der Waals surface area contributed by atoms with Crippen molar-refractivity contribution in [2.45, 2.75) is 32.7 Å². The van der Waals surface area contributed by atoms with Crippen molar-refractivity contribution in [1.82, 2.24) is 5.32 Å². The lowest BCUT2D eigenvalue weighted by Gasteiger charge is -2.13. The Morgan fingerprint density at radius 2 is 1.82 bits per heavy atom. The molecule has 1 atom stereocenters. The molecule has 3 aromatic rings. The van der Waals surface area contributed by atoms with E-state index >= 15 is 0 Å². The third-order valence-corrected chi connectivity index (χ3v) is 4.50. The fourth-order valence-electron chi connectivity index (χ4n) is 2.99. The van der Waals surface area contributed by atoms with Crippen molar-refractivity contribution in [2.24, 2.45) is 0 Å². The average Bonchev–Trinajstić information content (AvgIpc) is 2.68. The average molecular weight is 379 g/mol. The summed E-state index contributed by atoms with van der Waals surface area (Å²) in [5, 5.41) is 12.2. The smallest absolute Gasteiger partial charge is 0.326 e. The van der Waals surface area contributed by atoms with Crippen LogP contribution in [0.15, 0.2) is 57.7 Å². The van der Waals surface area contributed by atoms with Gasteiger partial charge in [0, 0.05) is 17.2 Å². The minimum Gasteiger partial charge on any atom is -0.480 e. The number of carbonyl (C=O) groups is 2. The lowest BCUT2D eigenvalue weighted by atomic mass is 10.1. The Balaban J connectivity index is 1.85. The highest BCUT2D eigenvalue weighted by molar-refractivity contribution is 5.97. The van der Waals surface area contributed by atoms with Gasteiger partial charge in [0.25, 0.3) is 5.91 Å². The number of fused-ring (bicyclic) bond motifs is 1. The largest absolute Gasteiger partial charge is 0.480 e. The van der Waals surface area contributed by atoms with Crippen LogP contribution in [0, 0.1) is 6.92 Å². The fraction of sp³-hybridized carbons (Fsp3) is 0.227. The molecular formula is C22H21NO5. The molecule has 0 bridgehead atoms. The summed E-state index contributed by atoms with van der Waals surface area (Å²) in [6.45, 7) is 3.77. The molecule has 0 aliphatic heterocycles. The highest BCUT2D eigenvalue weighted by atomic mass is 16.4. The van der Waals surface area contributed by atoms with Crippen LogP contribution in [0.1, 0.15) is 35.7 Å². The fourth-order valence-corrected chi connectivity index (χ4v) is 2.99. The van der Waals surface area contributed by atoms with Gasteiger partial charge in [0.2, 0.25) is 0 Å². The van der Waals surface area contributed by atoms with Crippen LogP contribution in [0.3, 0.4) is 0 Å². The van der Waals surface area contributed by atoms with Gasteiger partial charge < -0.3 is 14.8 Å². The summed E-state index contributed by atoms with van der Waals surface area (Å²) < 4.78 is 5.83. The van der Waals surface area contributed by atoms with Crippen molar-refractivity contribution in [3.8, 4) is 11.3 Å². The molecule has 2 N–H and O–H groups in total. The number of aryl methyl sites for hydroxylation is 1. The maximum absolute atomic E-state index is 12.4. The Hall–Kier alpha value is -3.41. The van der Waals surface area contributed by atoms with Crippen LogP contribution < -0.4 is 10.7 Å². The summed E-state index contributed by atoms with van der Waals surface area (Å²) in [7, 11) is 0. The summed E-state index contributed by atoms with van der Waals surface area (Å²) in [5.74, 6) is -1.11. The molecule has 1 heterocycles. The number of amides is 1. The zero-order valence-corrected chi connectivity index (χ0v) is 15.7. The molecule has 1 aromatic heterocycles. The first kappa shape index (κ1) is 19.4. The minimum absolute atomic E-state index is 0.134. The highest BCUT2D eigenvalue weighted by Gasteiger charge is 2.19. The SMILES string of the molecule is CCCC(NC(=O)c1ccc(-c2cc(=O)c3cc(C)ccc3o2)cc1)C(=O)O. The van der Waals surface area contributed by atoms with E-state index in [4.69, 9.17) is 9.52 Å². The lowest BCUT2D eigenvalue weighted by Crippen LogP contribution is -2.40. The first-order valence-electron chi connectivity index (χ1n) is 9.07. The predicted octanol–water partition coefficient (Wildman–Crippen LogP) is 3.75. The first-order valence-corrected chi connectivity index (χ1v) is 9.07. The Morgan fingerprint density at radius 1 is 1.11 bits per heavy atom. The van der Waals surface area contributed by atoms with Crippen molar-refractivity contribution in [1.29, 1.82) is 0 Å². The number of hydrogen-bond acceptors (Lipinski definition) is 4. The first-order chi connectivity index (χ1) is 13.4. The molecule has 6 heteroatoms. The molecule has 1 amide bonds. The number of aliphatic carboxylic acids is 1. The van der Waals surface area contributed by atoms with Gasteiger partial charge in [-0.05, 0) is 37.6 Å². The zero-order chi connectivity index (χ0) is 20.3. The maximum atomic E-state index is 12.4. The summed E-state index contributed by atoms with van der Waals surface area (Å²) in [4.78, 5) is 35.9. The molecule has 0 saturated carbocycles. The molecule has 0 aliphatic rings. The van der Waals surface area contributed by atoms with Crippen LogP contribution in [0.5, 0.6) is 0 Å². The monoisotopic (exact) mass is 379 g/mol. The van der Waals surface area contributed by atoms with Crippen LogP contribution in [0.2, 0.25) is 0 Å². The topological polar surface area (TPSA) is 96.6 Å². The molecule has 0 spiro atoms. The molecule has 1 unspecified atom stereocenters. The van der Waals surface area contributed by atoms with E-state index in [1.165, 1.54) is 6.07 Å². The highest BCUT2D eigenvalue weighted by Crippen LogP contribution is 2.23. The van der Waals surface area contributed by atoms with E-state index in [0.717, 1.165) is 5.56 Å². The molecule has 3 rings (SSSR count). The molecule has 2 aromatic carbocycles. The van der Waals surface area contributed by atoms with Crippen molar-refractivity contribution in [2.75, 3.05) is 0 Å². The van der Waals surface area contributed by atoms with Crippen molar-refractivity contribution in [3.63, 3.8) is 0 Å². The summed E-state index contributed by atoms with van der Waals surface area (Å²) in [6, 6.07) is 12.4. The molecule has 6 nitrogen and oxygen atoms in total. The van der Waals surface area contributed by atoms with E-state index in [0.29, 0.717) is 40.7 Å². The van der Waals surface area contributed by atoms with Crippen LogP contribution in [-0.2, 0) is 4.79 Å². The Labute approximate surface area is 161 Å². The van der Waals surface area contributed by atoms with Crippen molar-refractivity contribution in [3.05, 3.63) is 69.9 Å². The van der Waals surface area contributed by atoms with E-state index in [1.54, 1.807) is 36.4 Å². The van der Waals surface area contributed by atoms with Crippen LogP contribution in [0.25, 0.3) is 22.3 Å². The minimum atomic E-state index is -1.06. The third kappa shape index (κ3) is 4.11. The number of nitrogens with one attached hydrogen (secondary N) is 1. The molecule has 0 fully saturated rings. The second-order valence-electron chi connectivity index (χ2n) is 6.70. The molecule has 0 radical (unpaired) electrons. The van der Waals surface area contributed by atoms with Gasteiger partial charge in [0.15, 0.2) is 5.43 Å². The predicted molar refractivity (Wildman–Crippen MR) is 106 cm³/mol. The van der Waals surface area contributed by atoms with E-state index in [1.807, 2.05) is 19.9 Å². The van der Waals surface area contributed by atoms with Gasteiger partial charge in [-0.2, -0.15) is 0 Å². The molecular weight excluding hydrogens is 358 g/mol. The Kier molecular flexibility index (Phi) is 5.59. The number of carboxylic acids is 1. The Morgan fingerprint density at radius 3 is 2.46 bits per heavy atom. The van der Waals surface area contributed by atoms with E-state index in [2.05, 4.69) is 5.32 Å². The number of rotatable bonds is 6. The normalized spacial score (nSPS) is 11.9. The van der Waals surface area contributed by atoms with E-state index in [-0.39, 0.29) is 5.43 Å². The third-order valence-electron chi connectivity index (χ3n) is 4.50. The second-order valence-corrected chi connectivity index (χ2v) is 6.70. The van der Waals surface area contributed by atoms with Crippen LogP contribution in [-0.4, -0.2) is 23.0 Å².